The summed E-state index contributed by atoms with van der Waals surface area (Å²) in [7, 11) is 3.95. The predicted molar refractivity (Wildman–Crippen MR) is 183 cm³/mol. The van der Waals surface area contributed by atoms with E-state index in [0.29, 0.717) is 47.4 Å². The van der Waals surface area contributed by atoms with E-state index in [4.69, 9.17) is 18.3 Å². The quantitative estimate of drug-likeness (QED) is 0.128. The van der Waals surface area contributed by atoms with Crippen LogP contribution in [-0.4, -0.2) is 24.8 Å². The molecule has 4 heterocycles. The summed E-state index contributed by atoms with van der Waals surface area (Å²) in [5.74, 6) is 0.692. The van der Waals surface area contributed by atoms with Crippen LogP contribution in [0.4, 0.5) is 0 Å². The number of hydrogen-bond donors (Lipinski definition) is 0. The molecule has 0 radical (unpaired) electrons. The summed E-state index contributed by atoms with van der Waals surface area (Å²) >= 11 is 0. The number of ether oxygens (including phenoxy) is 2. The van der Waals surface area contributed by atoms with Gasteiger partial charge in [-0.25, -0.2) is 0 Å². The van der Waals surface area contributed by atoms with Crippen molar-refractivity contribution in [1.29, 1.82) is 0 Å². The second kappa shape index (κ2) is 12.1. The first-order chi connectivity index (χ1) is 23.2. The third-order valence-electron chi connectivity index (χ3n) is 8.92. The van der Waals surface area contributed by atoms with Gasteiger partial charge >= 0.3 is 0 Å². The van der Waals surface area contributed by atoms with Gasteiger partial charge in [-0.1, -0.05) is 24.3 Å². The lowest BCUT2D eigenvalue weighted by Crippen LogP contribution is -2.32. The van der Waals surface area contributed by atoms with E-state index < -0.39 is 11.6 Å². The normalized spacial score (nSPS) is 13.3. The zero-order valence-corrected chi connectivity index (χ0v) is 27.8. The van der Waals surface area contributed by atoms with E-state index in [-0.39, 0.29) is 22.6 Å². The number of para-hydroxylation sites is 2. The highest BCUT2D eigenvalue weighted by molar-refractivity contribution is 6.29. The monoisotopic (exact) mass is 640 g/mol. The van der Waals surface area contributed by atoms with Crippen molar-refractivity contribution in [2.24, 2.45) is 14.1 Å². The first kappa shape index (κ1) is 30.9. The Morgan fingerprint density at radius 2 is 1.02 bits per heavy atom. The van der Waals surface area contributed by atoms with Gasteiger partial charge < -0.3 is 18.3 Å². The molecule has 0 saturated carbocycles. The molecule has 0 bridgehead atoms. The number of rotatable bonds is 8. The molecule has 0 atom stereocenters. The first-order valence-electron chi connectivity index (χ1n) is 16.0. The van der Waals surface area contributed by atoms with Gasteiger partial charge in [-0.3, -0.25) is 9.59 Å². The Kier molecular flexibility index (Phi) is 7.79. The smallest absolute Gasteiger partial charge is 0.233 e. The minimum Gasteiger partial charge on any atom is -0.493 e. The zero-order valence-electron chi connectivity index (χ0n) is 27.8. The Balaban J connectivity index is 1.36. The second-order valence-corrected chi connectivity index (χ2v) is 11.8. The third kappa shape index (κ3) is 4.92. The molecule has 6 aromatic rings. The Morgan fingerprint density at radius 1 is 0.625 bits per heavy atom. The molecule has 0 N–H and O–H groups in total. The molecule has 0 unspecified atom stereocenters. The molecule has 1 aliphatic carbocycles. The molecule has 240 valence electrons. The topological polar surface area (TPSA) is 86.6 Å². The highest BCUT2D eigenvalue weighted by Gasteiger charge is 2.44. The van der Waals surface area contributed by atoms with E-state index in [1.807, 2.05) is 101 Å². The van der Waals surface area contributed by atoms with Crippen molar-refractivity contribution < 1.29 is 37.0 Å². The Labute approximate surface area is 278 Å². The van der Waals surface area contributed by atoms with Crippen LogP contribution < -0.4 is 9.13 Å². The second-order valence-electron chi connectivity index (χ2n) is 11.8. The van der Waals surface area contributed by atoms with Gasteiger partial charge in [-0.05, 0) is 52.0 Å². The molecule has 1 aliphatic rings. The molecule has 0 fully saturated rings. The van der Waals surface area contributed by atoms with E-state index in [9.17, 15) is 9.59 Å². The van der Waals surface area contributed by atoms with Crippen molar-refractivity contribution in [3.05, 3.63) is 129 Å². The van der Waals surface area contributed by atoms with Gasteiger partial charge in [0.05, 0.1) is 47.6 Å². The lowest BCUT2D eigenvalue weighted by Gasteiger charge is -2.14. The van der Waals surface area contributed by atoms with E-state index in [1.54, 1.807) is 13.8 Å². The summed E-state index contributed by atoms with van der Waals surface area (Å²) in [5.41, 5.74) is 4.92. The molecule has 0 aliphatic heterocycles. The molecule has 8 nitrogen and oxygen atoms in total. The number of hydrogen-bond acceptors (Lipinski definition) is 6. The van der Waals surface area contributed by atoms with Crippen LogP contribution in [-0.2, 0) is 23.6 Å². The highest BCUT2D eigenvalue weighted by Crippen LogP contribution is 2.42. The summed E-state index contributed by atoms with van der Waals surface area (Å²) in [5, 5.41) is 2.19. The Bertz CT molecular complexity index is 2190. The summed E-state index contributed by atoms with van der Waals surface area (Å²) in [4.78, 5) is 28.7. The van der Waals surface area contributed by atoms with Gasteiger partial charge in [0.25, 0.3) is 0 Å². The predicted octanol–water partition coefficient (Wildman–Crippen LogP) is 7.29. The minimum absolute atomic E-state index is 0.0392. The molecule has 0 saturated heterocycles. The van der Waals surface area contributed by atoms with Gasteiger partial charge in [0.2, 0.25) is 34.0 Å². The highest BCUT2D eigenvalue weighted by atomic mass is 16.5. The summed E-state index contributed by atoms with van der Waals surface area (Å²) in [6.45, 7) is 7.91. The molecular weight excluding hydrogens is 604 g/mol. The van der Waals surface area contributed by atoms with Crippen molar-refractivity contribution >= 4 is 57.0 Å². The molecule has 0 amide bonds. The fraction of sp³-hybridized carbons (Fsp3) is 0.200. The number of nitrogens with zero attached hydrogens (tertiary/aromatic N) is 2. The number of ketones is 2. The SMILES string of the molecule is CCO/C(=C\c1ccc2ccccc2[n+]1C)c1c(C)oc2c1C(=O)c1oc(C)c(/C(=C/c3ccc4ccccc4[n+]3C)OCC)c1C2=O. The fourth-order valence-corrected chi connectivity index (χ4v) is 6.62. The number of carbonyl (C=O) groups is 2. The number of benzene rings is 2. The molecule has 7 rings (SSSR count). The van der Waals surface area contributed by atoms with Crippen LogP contribution >= 0.6 is 0 Å². The van der Waals surface area contributed by atoms with Crippen molar-refractivity contribution in [2.45, 2.75) is 27.7 Å². The van der Waals surface area contributed by atoms with E-state index in [0.717, 1.165) is 33.2 Å². The third-order valence-corrected chi connectivity index (χ3v) is 8.92. The van der Waals surface area contributed by atoms with E-state index in [2.05, 4.69) is 21.3 Å². The summed E-state index contributed by atoms with van der Waals surface area (Å²) in [6, 6.07) is 24.2. The number of carbonyl (C=O) groups excluding carboxylic acids is 2. The van der Waals surface area contributed by atoms with Crippen LogP contribution in [0.3, 0.4) is 0 Å². The van der Waals surface area contributed by atoms with Crippen LogP contribution in [0.1, 0.15) is 80.1 Å². The first-order valence-corrected chi connectivity index (χ1v) is 16.0. The van der Waals surface area contributed by atoms with Gasteiger partial charge in [-0.2, -0.15) is 9.13 Å². The number of fused-ring (bicyclic) bond motifs is 4. The molecule has 48 heavy (non-hydrogen) atoms. The summed E-state index contributed by atoms with van der Waals surface area (Å²) < 4.78 is 28.7. The lowest BCUT2D eigenvalue weighted by atomic mass is 9.88. The fourth-order valence-electron chi connectivity index (χ4n) is 6.62. The van der Waals surface area contributed by atoms with Crippen LogP contribution in [0.2, 0.25) is 0 Å². The molecule has 8 heteroatoms. The molecule has 0 spiro atoms. The van der Waals surface area contributed by atoms with Crippen LogP contribution in [0.5, 0.6) is 0 Å². The number of aromatic nitrogens is 2. The van der Waals surface area contributed by atoms with E-state index >= 15 is 0 Å². The molecular formula is C40H36N2O6+2. The average Bonchev–Trinajstić information content (AvgIpc) is 3.63. The Hall–Kier alpha value is -5.76. The van der Waals surface area contributed by atoms with Gasteiger partial charge in [-0.15, -0.1) is 0 Å². The largest absolute Gasteiger partial charge is 0.493 e. The maximum atomic E-state index is 14.3. The number of aryl methyl sites for hydroxylation is 4. The van der Waals surface area contributed by atoms with E-state index in [1.165, 1.54) is 0 Å². The van der Waals surface area contributed by atoms with Crippen molar-refractivity contribution in [1.82, 2.24) is 0 Å². The molecule has 4 aromatic heterocycles. The van der Waals surface area contributed by atoms with Crippen LogP contribution in [0.15, 0.2) is 81.6 Å². The maximum absolute atomic E-state index is 14.3. The van der Waals surface area contributed by atoms with Crippen LogP contribution in [0.25, 0.3) is 45.5 Å². The van der Waals surface area contributed by atoms with Crippen LogP contribution in [0, 0.1) is 13.8 Å². The average molecular weight is 641 g/mol. The summed E-state index contributed by atoms with van der Waals surface area (Å²) in [6.07, 6.45) is 3.75. The zero-order chi connectivity index (χ0) is 33.7. The van der Waals surface area contributed by atoms with Crippen molar-refractivity contribution in [3.8, 4) is 0 Å². The van der Waals surface area contributed by atoms with Crippen molar-refractivity contribution in [2.75, 3.05) is 13.2 Å². The Morgan fingerprint density at radius 3 is 1.42 bits per heavy atom. The molecule has 2 aromatic carbocycles. The van der Waals surface area contributed by atoms with Gasteiger partial charge in [0.1, 0.15) is 37.1 Å². The van der Waals surface area contributed by atoms with Crippen molar-refractivity contribution in [3.63, 3.8) is 0 Å². The lowest BCUT2D eigenvalue weighted by molar-refractivity contribution is -0.646. The van der Waals surface area contributed by atoms with Gasteiger partial charge in [0, 0.05) is 35.0 Å². The van der Waals surface area contributed by atoms with Gasteiger partial charge in [0.15, 0.2) is 11.5 Å². The number of pyridine rings is 2. The maximum Gasteiger partial charge on any atom is 0.233 e. The number of furan rings is 2. The standard InChI is InChI=1S/C40H36N2O6/c1-7-45-31(21-27-19-17-25-13-9-11-15-29(25)41(27)5)33-23(3)47-39-35(33)37(43)40-36(38(39)44)34(24(4)48-40)32(46-8-2)22-28-20-18-26-14-10-12-16-30(26)42(28)6/h9-22H,7-8H2,1-6H3/q+2/b31-21-,32-22-. The minimum atomic E-state index is -0.443.